The van der Waals surface area contributed by atoms with Crippen molar-refractivity contribution < 1.29 is 14.3 Å². The first-order valence-corrected chi connectivity index (χ1v) is 12.2. The van der Waals surface area contributed by atoms with E-state index in [9.17, 15) is 9.59 Å². The Balaban J connectivity index is 1.86. The minimum atomic E-state index is -0.485. The number of carbonyl (C=O) groups excluding carboxylic acids is 2. The highest BCUT2D eigenvalue weighted by Gasteiger charge is 2.33. The van der Waals surface area contributed by atoms with Crippen LogP contribution in [0, 0.1) is 5.92 Å². The van der Waals surface area contributed by atoms with Crippen LogP contribution in [0.15, 0.2) is 59.8 Å². The van der Waals surface area contributed by atoms with Crippen molar-refractivity contribution in [1.29, 1.82) is 0 Å². The van der Waals surface area contributed by atoms with Gasteiger partial charge < -0.3 is 20.3 Å². The number of benzene rings is 2. The maximum atomic E-state index is 13.0. The van der Waals surface area contributed by atoms with Crippen molar-refractivity contribution in [2.45, 2.75) is 53.0 Å². The Hall–Kier alpha value is -3.19. The summed E-state index contributed by atoms with van der Waals surface area (Å²) >= 11 is 5.49. The fourth-order valence-corrected chi connectivity index (χ4v) is 4.05. The lowest BCUT2D eigenvalue weighted by Crippen LogP contribution is -2.46. The number of amides is 1. The zero-order valence-corrected chi connectivity index (χ0v) is 22.4. The van der Waals surface area contributed by atoms with E-state index in [-0.39, 0.29) is 23.2 Å². The summed E-state index contributed by atoms with van der Waals surface area (Å²) in [6.07, 6.45) is 0. The molecule has 0 aliphatic carbocycles. The van der Waals surface area contributed by atoms with Crippen LogP contribution < -0.4 is 10.6 Å². The smallest absolute Gasteiger partial charge is 0.338 e. The highest BCUT2D eigenvalue weighted by Crippen LogP contribution is 2.32. The molecule has 1 heterocycles. The van der Waals surface area contributed by atoms with Crippen LogP contribution in [0.25, 0.3) is 0 Å². The fraction of sp³-hybridized carbons (Fsp3) is 0.393. The van der Waals surface area contributed by atoms with Gasteiger partial charge in [-0.15, -0.1) is 0 Å². The predicted molar refractivity (Wildman–Crippen MR) is 144 cm³/mol. The number of nitrogens with zero attached hydrogens (tertiary/aromatic N) is 1. The Morgan fingerprint density at radius 3 is 2.40 bits per heavy atom. The largest absolute Gasteiger partial charge is 0.462 e. The summed E-state index contributed by atoms with van der Waals surface area (Å²) in [7, 11) is 1.82. The molecule has 0 bridgehead atoms. The van der Waals surface area contributed by atoms with Gasteiger partial charge in [-0.3, -0.25) is 4.79 Å². The fourth-order valence-electron chi connectivity index (χ4n) is 3.79. The number of allylic oxidation sites excluding steroid dienone is 1. The van der Waals surface area contributed by atoms with Gasteiger partial charge in [0.25, 0.3) is 5.91 Å². The number of carbonyl (C=O) groups is 2. The van der Waals surface area contributed by atoms with Crippen LogP contribution in [0.5, 0.6) is 0 Å². The molecule has 7 heteroatoms. The number of hydrogen-bond donors (Lipinski definition) is 2. The number of hydrogen-bond acceptors (Lipinski definition) is 4. The molecule has 1 amide bonds. The normalized spacial score (nSPS) is 16.3. The SMILES string of the molecule is CC1=C(C(=O)OCC(C)C)C(c2cccc(NC(=O)c3ccc(C(C)(C)C)cc3)c2)NC(=S)N1C. The van der Waals surface area contributed by atoms with E-state index in [2.05, 4.69) is 31.4 Å². The summed E-state index contributed by atoms with van der Waals surface area (Å²) in [4.78, 5) is 27.7. The van der Waals surface area contributed by atoms with E-state index in [0.29, 0.717) is 28.5 Å². The first kappa shape index (κ1) is 26.4. The second-order valence-corrected chi connectivity index (χ2v) is 10.7. The summed E-state index contributed by atoms with van der Waals surface area (Å²) in [5, 5.41) is 6.73. The molecule has 0 fully saturated rings. The topological polar surface area (TPSA) is 70.7 Å². The molecule has 2 aromatic carbocycles. The van der Waals surface area contributed by atoms with Crippen molar-refractivity contribution in [1.82, 2.24) is 10.2 Å². The number of ether oxygens (including phenoxy) is 1. The minimum Gasteiger partial charge on any atom is -0.462 e. The molecule has 6 nitrogen and oxygen atoms in total. The Kier molecular flexibility index (Phi) is 8.00. The van der Waals surface area contributed by atoms with Gasteiger partial charge in [-0.25, -0.2) is 4.79 Å². The summed E-state index contributed by atoms with van der Waals surface area (Å²) in [6.45, 7) is 12.6. The molecule has 0 spiro atoms. The Morgan fingerprint density at radius 1 is 1.14 bits per heavy atom. The van der Waals surface area contributed by atoms with Gasteiger partial charge in [0, 0.05) is 24.0 Å². The summed E-state index contributed by atoms with van der Waals surface area (Å²) in [5.74, 6) is -0.348. The van der Waals surface area contributed by atoms with Crippen LogP contribution in [0.1, 0.15) is 69.1 Å². The van der Waals surface area contributed by atoms with E-state index in [1.165, 1.54) is 5.56 Å². The molecule has 0 aromatic heterocycles. The Morgan fingerprint density at radius 2 is 1.80 bits per heavy atom. The molecule has 0 radical (unpaired) electrons. The van der Waals surface area contributed by atoms with E-state index >= 15 is 0 Å². The van der Waals surface area contributed by atoms with E-state index in [4.69, 9.17) is 17.0 Å². The standard InChI is InChI=1S/C28H35N3O3S/c1-17(2)16-34-26(33)23-18(3)31(7)27(35)30-24(23)20-9-8-10-22(15-20)29-25(32)19-11-13-21(14-12-19)28(4,5)6/h8-15,17,24H,16H2,1-7H3,(H,29,32)(H,30,35). The average Bonchev–Trinajstić information content (AvgIpc) is 2.80. The van der Waals surface area contributed by atoms with Crippen molar-refractivity contribution in [3.05, 3.63) is 76.5 Å². The molecule has 0 saturated heterocycles. The Bertz CT molecular complexity index is 1150. The van der Waals surface area contributed by atoms with Crippen molar-refractivity contribution in [2.24, 2.45) is 5.92 Å². The van der Waals surface area contributed by atoms with Gasteiger partial charge in [0.2, 0.25) is 0 Å². The number of rotatable bonds is 6. The van der Waals surface area contributed by atoms with Gasteiger partial charge in [0.05, 0.1) is 18.2 Å². The highest BCUT2D eigenvalue weighted by atomic mass is 32.1. The summed E-state index contributed by atoms with van der Waals surface area (Å²) in [5.41, 5.74) is 4.44. The maximum absolute atomic E-state index is 13.0. The van der Waals surface area contributed by atoms with Crippen molar-refractivity contribution >= 4 is 34.9 Å². The van der Waals surface area contributed by atoms with Crippen LogP contribution in [0.3, 0.4) is 0 Å². The number of thiocarbonyl (C=S) groups is 1. The molecule has 35 heavy (non-hydrogen) atoms. The van der Waals surface area contributed by atoms with Crippen molar-refractivity contribution in [2.75, 3.05) is 19.0 Å². The van der Waals surface area contributed by atoms with Gasteiger partial charge >= 0.3 is 5.97 Å². The van der Waals surface area contributed by atoms with Crippen molar-refractivity contribution in [3.63, 3.8) is 0 Å². The van der Waals surface area contributed by atoms with Gasteiger partial charge in [0.1, 0.15) is 0 Å². The third-order valence-corrected chi connectivity index (χ3v) is 6.40. The minimum absolute atomic E-state index is 0.0185. The Labute approximate surface area is 213 Å². The second-order valence-electron chi connectivity index (χ2n) is 10.3. The third kappa shape index (κ3) is 6.28. The van der Waals surface area contributed by atoms with E-state index in [0.717, 1.165) is 11.3 Å². The zero-order valence-electron chi connectivity index (χ0n) is 21.6. The van der Waals surface area contributed by atoms with E-state index in [1.807, 2.05) is 76.3 Å². The molecule has 1 aliphatic rings. The lowest BCUT2D eigenvalue weighted by atomic mass is 9.86. The quantitative estimate of drug-likeness (QED) is 0.405. The molecule has 1 unspecified atom stereocenters. The zero-order chi connectivity index (χ0) is 25.9. The van der Waals surface area contributed by atoms with Crippen LogP contribution in [-0.4, -0.2) is 35.5 Å². The molecule has 1 atom stereocenters. The molecule has 0 saturated carbocycles. The second kappa shape index (κ2) is 10.6. The van der Waals surface area contributed by atoms with Gasteiger partial charge in [-0.1, -0.05) is 58.9 Å². The highest BCUT2D eigenvalue weighted by molar-refractivity contribution is 7.80. The van der Waals surface area contributed by atoms with Gasteiger partial charge in [-0.05, 0) is 65.9 Å². The summed E-state index contributed by atoms with van der Waals surface area (Å²) in [6, 6.07) is 14.6. The summed E-state index contributed by atoms with van der Waals surface area (Å²) < 4.78 is 5.56. The van der Waals surface area contributed by atoms with E-state index in [1.54, 1.807) is 4.90 Å². The first-order valence-electron chi connectivity index (χ1n) is 11.8. The van der Waals surface area contributed by atoms with E-state index < -0.39 is 6.04 Å². The molecular formula is C28H35N3O3S. The van der Waals surface area contributed by atoms with Gasteiger partial charge in [0.15, 0.2) is 5.11 Å². The number of nitrogens with one attached hydrogen (secondary N) is 2. The van der Waals surface area contributed by atoms with Crippen LogP contribution in [0.2, 0.25) is 0 Å². The average molecular weight is 494 g/mol. The first-order chi connectivity index (χ1) is 16.4. The lowest BCUT2D eigenvalue weighted by molar-refractivity contribution is -0.140. The van der Waals surface area contributed by atoms with Crippen molar-refractivity contribution in [3.8, 4) is 0 Å². The van der Waals surface area contributed by atoms with Crippen LogP contribution in [0.4, 0.5) is 5.69 Å². The maximum Gasteiger partial charge on any atom is 0.338 e. The number of esters is 1. The molecule has 2 aromatic rings. The lowest BCUT2D eigenvalue weighted by Gasteiger charge is -2.35. The van der Waals surface area contributed by atoms with Gasteiger partial charge in [-0.2, -0.15) is 0 Å². The predicted octanol–water partition coefficient (Wildman–Crippen LogP) is 5.57. The molecular weight excluding hydrogens is 458 g/mol. The molecule has 3 rings (SSSR count). The third-order valence-electron chi connectivity index (χ3n) is 6.01. The molecule has 186 valence electrons. The molecule has 2 N–H and O–H groups in total. The monoisotopic (exact) mass is 493 g/mol. The molecule has 1 aliphatic heterocycles. The number of anilines is 1. The van der Waals surface area contributed by atoms with Crippen LogP contribution in [-0.2, 0) is 14.9 Å². The van der Waals surface area contributed by atoms with Crippen LogP contribution >= 0.6 is 12.2 Å².